The van der Waals surface area contributed by atoms with Crippen molar-refractivity contribution in [3.8, 4) is 0 Å². The van der Waals surface area contributed by atoms with Crippen LogP contribution in [-0.2, 0) is 19.7 Å². The maximum Gasteiger partial charge on any atom is 0.316 e. The minimum Gasteiger partial charge on any atom is -0.464 e. The van der Waals surface area contributed by atoms with Gasteiger partial charge in [-0.25, -0.2) is 0 Å². The van der Waals surface area contributed by atoms with Crippen LogP contribution in [0.25, 0.3) is 0 Å². The number of halogens is 1. The second-order valence-electron chi connectivity index (χ2n) is 4.79. The average Bonchev–Trinajstić information content (AvgIpc) is 2.29. The fourth-order valence-corrected chi connectivity index (χ4v) is 2.42. The first kappa shape index (κ1) is 13.9. The molecule has 0 spiro atoms. The van der Waals surface area contributed by atoms with Crippen LogP contribution in [0.3, 0.4) is 0 Å². The Labute approximate surface area is 116 Å². The molecule has 1 fully saturated rings. The number of carbonyl (C=O) groups excluding carboxylic acids is 2. The van der Waals surface area contributed by atoms with Gasteiger partial charge < -0.3 is 10.5 Å². The molecule has 1 aromatic carbocycles. The molecule has 0 saturated heterocycles. The third-order valence-electron chi connectivity index (χ3n) is 3.58. The van der Waals surface area contributed by atoms with E-state index in [-0.39, 0.29) is 19.0 Å². The van der Waals surface area contributed by atoms with Gasteiger partial charge in [0.05, 0.1) is 11.8 Å². The van der Waals surface area contributed by atoms with Gasteiger partial charge in [0.1, 0.15) is 6.61 Å². The molecule has 0 unspecified atom stereocenters. The quantitative estimate of drug-likeness (QED) is 0.841. The molecule has 1 aromatic rings. The molecular formula is C14H16ClNO3. The van der Waals surface area contributed by atoms with Crippen molar-refractivity contribution < 1.29 is 14.3 Å². The van der Waals surface area contributed by atoms with Gasteiger partial charge in [0, 0.05) is 5.02 Å². The summed E-state index contributed by atoms with van der Waals surface area (Å²) in [7, 11) is 0. The Bertz CT molecular complexity index is 480. The van der Waals surface area contributed by atoms with E-state index in [2.05, 4.69) is 0 Å². The van der Waals surface area contributed by atoms with Crippen molar-refractivity contribution in [2.45, 2.75) is 31.1 Å². The maximum atomic E-state index is 12.2. The molecule has 2 N–H and O–H groups in total. The predicted octanol–water partition coefficient (Wildman–Crippen LogP) is 2.18. The lowest BCUT2D eigenvalue weighted by Crippen LogP contribution is -2.43. The summed E-state index contributed by atoms with van der Waals surface area (Å²) in [6.07, 6.45) is 2.59. The number of primary amides is 1. The van der Waals surface area contributed by atoms with E-state index in [0.29, 0.717) is 5.02 Å². The van der Waals surface area contributed by atoms with Crippen molar-refractivity contribution in [3.63, 3.8) is 0 Å². The fourth-order valence-electron chi connectivity index (χ4n) is 2.29. The standard InChI is InChI=1S/C14H16ClNO3/c15-11-4-2-10(3-5-11)14(7-1-8-14)13(18)19-9-6-12(16)17/h2-5H,1,6-9H2,(H2,16,17). The Balaban J connectivity index is 2.07. The summed E-state index contributed by atoms with van der Waals surface area (Å²) in [5.41, 5.74) is 5.37. The van der Waals surface area contributed by atoms with Gasteiger partial charge in [0.2, 0.25) is 5.91 Å². The van der Waals surface area contributed by atoms with Gasteiger partial charge >= 0.3 is 5.97 Å². The minimum absolute atomic E-state index is 0.0451. The number of esters is 1. The van der Waals surface area contributed by atoms with E-state index >= 15 is 0 Å². The predicted molar refractivity (Wildman–Crippen MR) is 71.8 cm³/mol. The summed E-state index contributed by atoms with van der Waals surface area (Å²) in [6.45, 7) is 0.0451. The Hall–Kier alpha value is -1.55. The van der Waals surface area contributed by atoms with Crippen LogP contribution in [0.4, 0.5) is 0 Å². The highest BCUT2D eigenvalue weighted by Crippen LogP contribution is 2.45. The fraction of sp³-hybridized carbons (Fsp3) is 0.429. The van der Waals surface area contributed by atoms with Crippen molar-refractivity contribution >= 4 is 23.5 Å². The van der Waals surface area contributed by atoms with Crippen molar-refractivity contribution in [3.05, 3.63) is 34.9 Å². The highest BCUT2D eigenvalue weighted by atomic mass is 35.5. The molecule has 0 aliphatic heterocycles. The van der Waals surface area contributed by atoms with E-state index in [0.717, 1.165) is 24.8 Å². The number of benzene rings is 1. The monoisotopic (exact) mass is 281 g/mol. The topological polar surface area (TPSA) is 69.4 Å². The Kier molecular flexibility index (Phi) is 4.10. The normalized spacial score (nSPS) is 16.5. The van der Waals surface area contributed by atoms with E-state index < -0.39 is 11.3 Å². The molecule has 4 nitrogen and oxygen atoms in total. The number of hydrogen-bond donors (Lipinski definition) is 1. The molecule has 19 heavy (non-hydrogen) atoms. The van der Waals surface area contributed by atoms with E-state index in [1.807, 2.05) is 12.1 Å². The Morgan fingerprint density at radius 1 is 1.26 bits per heavy atom. The largest absolute Gasteiger partial charge is 0.464 e. The number of nitrogens with two attached hydrogens (primary N) is 1. The van der Waals surface area contributed by atoms with E-state index in [1.54, 1.807) is 12.1 Å². The molecule has 0 atom stereocenters. The molecule has 1 aliphatic rings. The SMILES string of the molecule is NC(=O)CCOC(=O)C1(c2ccc(Cl)cc2)CCC1. The molecule has 0 bridgehead atoms. The van der Waals surface area contributed by atoms with Crippen LogP contribution in [0.2, 0.25) is 5.02 Å². The van der Waals surface area contributed by atoms with Crippen molar-refractivity contribution in [1.29, 1.82) is 0 Å². The average molecular weight is 282 g/mol. The van der Waals surface area contributed by atoms with Crippen molar-refractivity contribution in [2.24, 2.45) is 5.73 Å². The van der Waals surface area contributed by atoms with E-state index in [4.69, 9.17) is 22.1 Å². The van der Waals surface area contributed by atoms with E-state index in [9.17, 15) is 9.59 Å². The van der Waals surface area contributed by atoms with Crippen LogP contribution in [0.15, 0.2) is 24.3 Å². The lowest BCUT2D eigenvalue weighted by molar-refractivity contribution is -0.154. The van der Waals surface area contributed by atoms with Gasteiger partial charge in [-0.2, -0.15) is 0 Å². The summed E-state index contributed by atoms with van der Waals surface area (Å²) < 4.78 is 5.17. The molecule has 102 valence electrons. The van der Waals surface area contributed by atoms with Crippen LogP contribution >= 0.6 is 11.6 Å². The molecular weight excluding hydrogens is 266 g/mol. The number of amides is 1. The molecule has 0 radical (unpaired) electrons. The summed E-state index contributed by atoms with van der Waals surface area (Å²) in [5, 5.41) is 0.639. The zero-order chi connectivity index (χ0) is 13.9. The first-order chi connectivity index (χ1) is 9.04. The van der Waals surface area contributed by atoms with Crippen LogP contribution in [0.5, 0.6) is 0 Å². The maximum absolute atomic E-state index is 12.2. The zero-order valence-corrected chi connectivity index (χ0v) is 11.3. The lowest BCUT2D eigenvalue weighted by atomic mass is 9.64. The summed E-state index contributed by atoms with van der Waals surface area (Å²) in [5.74, 6) is -0.746. The smallest absolute Gasteiger partial charge is 0.316 e. The second kappa shape index (κ2) is 5.61. The number of rotatable bonds is 5. The number of hydrogen-bond acceptors (Lipinski definition) is 3. The minimum atomic E-state index is -0.567. The van der Waals surface area contributed by atoms with Crippen LogP contribution in [0.1, 0.15) is 31.2 Å². The Morgan fingerprint density at radius 2 is 1.89 bits per heavy atom. The van der Waals surface area contributed by atoms with Crippen molar-refractivity contribution in [1.82, 2.24) is 0 Å². The molecule has 1 amide bonds. The lowest BCUT2D eigenvalue weighted by Gasteiger charge is -2.39. The number of ether oxygens (including phenoxy) is 1. The summed E-state index contributed by atoms with van der Waals surface area (Å²) in [4.78, 5) is 22.8. The highest BCUT2D eigenvalue weighted by molar-refractivity contribution is 6.30. The van der Waals surface area contributed by atoms with Crippen LogP contribution < -0.4 is 5.73 Å². The Morgan fingerprint density at radius 3 is 2.37 bits per heavy atom. The van der Waals surface area contributed by atoms with Gasteiger partial charge in [0.15, 0.2) is 0 Å². The first-order valence-corrected chi connectivity index (χ1v) is 6.64. The van der Waals surface area contributed by atoms with Gasteiger partial charge in [0.25, 0.3) is 0 Å². The van der Waals surface area contributed by atoms with Gasteiger partial charge in [-0.3, -0.25) is 9.59 Å². The van der Waals surface area contributed by atoms with Crippen LogP contribution in [-0.4, -0.2) is 18.5 Å². The first-order valence-electron chi connectivity index (χ1n) is 6.26. The highest BCUT2D eigenvalue weighted by Gasteiger charge is 2.47. The third kappa shape index (κ3) is 2.89. The molecule has 0 heterocycles. The van der Waals surface area contributed by atoms with Crippen LogP contribution in [0, 0.1) is 0 Å². The molecule has 1 saturated carbocycles. The van der Waals surface area contributed by atoms with Gasteiger partial charge in [-0.15, -0.1) is 0 Å². The molecule has 2 rings (SSSR count). The van der Waals surface area contributed by atoms with Gasteiger partial charge in [-0.05, 0) is 30.5 Å². The summed E-state index contributed by atoms with van der Waals surface area (Å²) in [6, 6.07) is 7.26. The number of carbonyl (C=O) groups is 2. The third-order valence-corrected chi connectivity index (χ3v) is 3.83. The second-order valence-corrected chi connectivity index (χ2v) is 5.23. The van der Waals surface area contributed by atoms with Gasteiger partial charge in [-0.1, -0.05) is 30.2 Å². The summed E-state index contributed by atoms with van der Waals surface area (Å²) >= 11 is 5.85. The molecule has 1 aliphatic carbocycles. The van der Waals surface area contributed by atoms with E-state index in [1.165, 1.54) is 0 Å². The zero-order valence-electron chi connectivity index (χ0n) is 10.5. The van der Waals surface area contributed by atoms with Crippen molar-refractivity contribution in [2.75, 3.05) is 6.61 Å². The molecule has 0 aromatic heterocycles. The molecule has 5 heteroatoms.